The van der Waals surface area contributed by atoms with E-state index >= 15 is 0 Å². The number of rotatable bonds is 6. The molecule has 0 radical (unpaired) electrons. The van der Waals surface area contributed by atoms with Gasteiger partial charge < -0.3 is 19.9 Å². The molecule has 2 N–H and O–H groups in total. The molecule has 1 heterocycles. The number of benzene rings is 2. The number of hydrogen-bond acceptors (Lipinski definition) is 7. The van der Waals surface area contributed by atoms with Crippen molar-refractivity contribution < 1.29 is 29.0 Å². The second kappa shape index (κ2) is 8.22. The number of thioether (sulfide) groups is 1. The SMILES string of the molecule is COc1ccc(N2C(=O)SC(CC(=O)Nc3ccc(O)cc3)C2=O)c(OC)c1. The molecular formula is C19H18N2O6S. The maximum Gasteiger partial charge on any atom is 0.293 e. The first kappa shape index (κ1) is 19.6. The van der Waals surface area contributed by atoms with Crippen molar-refractivity contribution in [2.75, 3.05) is 24.4 Å². The number of phenolic OH excluding ortho intramolecular Hbond substituents is 1. The van der Waals surface area contributed by atoms with E-state index in [2.05, 4.69) is 5.32 Å². The summed E-state index contributed by atoms with van der Waals surface area (Å²) in [6.07, 6.45) is -0.162. The third-order valence-electron chi connectivity index (χ3n) is 4.07. The van der Waals surface area contributed by atoms with E-state index in [4.69, 9.17) is 9.47 Å². The van der Waals surface area contributed by atoms with Crippen LogP contribution in [0.5, 0.6) is 17.2 Å². The Balaban J connectivity index is 1.73. The summed E-state index contributed by atoms with van der Waals surface area (Å²) in [6, 6.07) is 10.7. The summed E-state index contributed by atoms with van der Waals surface area (Å²) >= 11 is 0.797. The van der Waals surface area contributed by atoms with Gasteiger partial charge in [0.2, 0.25) is 11.8 Å². The van der Waals surface area contributed by atoms with E-state index in [0.717, 1.165) is 16.7 Å². The minimum absolute atomic E-state index is 0.0780. The van der Waals surface area contributed by atoms with Gasteiger partial charge in [-0.25, -0.2) is 4.90 Å². The highest BCUT2D eigenvalue weighted by Gasteiger charge is 2.42. The first-order valence-corrected chi connectivity index (χ1v) is 9.16. The van der Waals surface area contributed by atoms with E-state index in [-0.39, 0.29) is 12.2 Å². The van der Waals surface area contributed by atoms with Gasteiger partial charge in [0.05, 0.1) is 19.9 Å². The minimum Gasteiger partial charge on any atom is -0.508 e. The molecule has 0 aromatic heterocycles. The fourth-order valence-corrected chi connectivity index (χ4v) is 3.68. The monoisotopic (exact) mass is 402 g/mol. The molecule has 146 valence electrons. The van der Waals surface area contributed by atoms with Crippen molar-refractivity contribution in [3.8, 4) is 17.2 Å². The van der Waals surface area contributed by atoms with E-state index in [0.29, 0.717) is 22.9 Å². The van der Waals surface area contributed by atoms with Crippen molar-refractivity contribution in [2.45, 2.75) is 11.7 Å². The molecule has 1 fully saturated rings. The molecule has 28 heavy (non-hydrogen) atoms. The van der Waals surface area contributed by atoms with Crippen LogP contribution >= 0.6 is 11.8 Å². The van der Waals surface area contributed by atoms with Gasteiger partial charge in [-0.2, -0.15) is 0 Å². The number of ether oxygens (including phenoxy) is 2. The molecule has 0 bridgehead atoms. The minimum atomic E-state index is -0.837. The van der Waals surface area contributed by atoms with Gasteiger partial charge in [-0.3, -0.25) is 14.4 Å². The number of carbonyl (C=O) groups excluding carboxylic acids is 3. The van der Waals surface area contributed by atoms with Crippen LogP contribution in [0.3, 0.4) is 0 Å². The van der Waals surface area contributed by atoms with Crippen molar-refractivity contribution >= 4 is 40.2 Å². The second-order valence-corrected chi connectivity index (χ2v) is 7.04. The number of phenols is 1. The van der Waals surface area contributed by atoms with Crippen LogP contribution in [-0.2, 0) is 9.59 Å². The molecule has 1 unspecified atom stereocenters. The third kappa shape index (κ3) is 4.04. The molecule has 0 aliphatic carbocycles. The fourth-order valence-electron chi connectivity index (χ4n) is 2.70. The van der Waals surface area contributed by atoms with Gasteiger partial charge in [0, 0.05) is 18.2 Å². The Morgan fingerprint density at radius 2 is 1.86 bits per heavy atom. The van der Waals surface area contributed by atoms with Crippen LogP contribution in [0.2, 0.25) is 0 Å². The van der Waals surface area contributed by atoms with Crippen LogP contribution < -0.4 is 19.7 Å². The number of aromatic hydroxyl groups is 1. The van der Waals surface area contributed by atoms with Crippen molar-refractivity contribution in [2.24, 2.45) is 0 Å². The average molecular weight is 402 g/mol. The van der Waals surface area contributed by atoms with Crippen LogP contribution in [0.25, 0.3) is 0 Å². The Bertz CT molecular complexity index is 915. The summed E-state index contributed by atoms with van der Waals surface area (Å²) in [4.78, 5) is 38.4. The van der Waals surface area contributed by atoms with Gasteiger partial charge in [0.15, 0.2) is 0 Å². The molecular weight excluding hydrogens is 384 g/mol. The predicted molar refractivity (Wildman–Crippen MR) is 105 cm³/mol. The van der Waals surface area contributed by atoms with Crippen LogP contribution in [0.4, 0.5) is 16.2 Å². The Labute approximate surface area is 165 Å². The lowest BCUT2D eigenvalue weighted by Gasteiger charge is -2.17. The number of carbonyl (C=O) groups is 3. The number of hydrogen-bond donors (Lipinski definition) is 2. The maximum atomic E-state index is 12.8. The van der Waals surface area contributed by atoms with Crippen LogP contribution in [0.15, 0.2) is 42.5 Å². The number of nitrogens with one attached hydrogen (secondary N) is 1. The number of amides is 3. The number of nitrogens with zero attached hydrogens (tertiary/aromatic N) is 1. The quantitative estimate of drug-likeness (QED) is 0.716. The van der Waals surface area contributed by atoms with Crippen LogP contribution in [0, 0.1) is 0 Å². The highest BCUT2D eigenvalue weighted by molar-refractivity contribution is 8.15. The zero-order valence-corrected chi connectivity index (χ0v) is 16.0. The van der Waals surface area contributed by atoms with E-state index in [1.807, 2.05) is 0 Å². The Morgan fingerprint density at radius 3 is 2.50 bits per heavy atom. The average Bonchev–Trinajstić information content (AvgIpc) is 2.96. The molecule has 1 saturated heterocycles. The fraction of sp³-hybridized carbons (Fsp3) is 0.211. The maximum absolute atomic E-state index is 12.8. The van der Waals surface area contributed by atoms with Crippen molar-refractivity contribution in [1.29, 1.82) is 0 Å². The van der Waals surface area contributed by atoms with Gasteiger partial charge in [-0.15, -0.1) is 0 Å². The molecule has 1 aliphatic rings. The van der Waals surface area contributed by atoms with Crippen molar-refractivity contribution in [1.82, 2.24) is 0 Å². The molecule has 3 amide bonds. The normalized spacial score (nSPS) is 16.2. The van der Waals surface area contributed by atoms with Gasteiger partial charge in [0.1, 0.15) is 22.5 Å². The molecule has 1 aliphatic heterocycles. The lowest BCUT2D eigenvalue weighted by molar-refractivity contribution is -0.121. The first-order chi connectivity index (χ1) is 13.4. The molecule has 2 aromatic carbocycles. The summed E-state index contributed by atoms with van der Waals surface area (Å²) in [5.41, 5.74) is 0.783. The Morgan fingerprint density at radius 1 is 1.14 bits per heavy atom. The summed E-state index contributed by atoms with van der Waals surface area (Å²) < 4.78 is 10.4. The second-order valence-electron chi connectivity index (χ2n) is 5.88. The molecule has 1 atom stereocenters. The molecule has 9 heteroatoms. The lowest BCUT2D eigenvalue weighted by Crippen LogP contribution is -2.33. The predicted octanol–water partition coefficient (Wildman–Crippen LogP) is 3.01. The number of anilines is 2. The molecule has 8 nitrogen and oxygen atoms in total. The van der Waals surface area contributed by atoms with Gasteiger partial charge in [-0.1, -0.05) is 0 Å². The number of imide groups is 1. The summed E-state index contributed by atoms with van der Waals surface area (Å²) in [5.74, 6) is 0.0226. The molecule has 3 rings (SSSR count). The van der Waals surface area contributed by atoms with E-state index < -0.39 is 22.3 Å². The Kier molecular flexibility index (Phi) is 5.74. The van der Waals surface area contributed by atoms with Crippen LogP contribution in [0.1, 0.15) is 6.42 Å². The Hall–Kier alpha value is -3.20. The highest BCUT2D eigenvalue weighted by Crippen LogP contribution is 2.39. The van der Waals surface area contributed by atoms with Gasteiger partial charge in [-0.05, 0) is 48.2 Å². The van der Waals surface area contributed by atoms with Crippen LogP contribution in [-0.4, -0.2) is 41.6 Å². The number of methoxy groups -OCH3 is 2. The third-order valence-corrected chi connectivity index (χ3v) is 5.11. The van der Waals surface area contributed by atoms with E-state index in [1.165, 1.54) is 38.5 Å². The summed E-state index contributed by atoms with van der Waals surface area (Å²) in [6.45, 7) is 0. The first-order valence-electron chi connectivity index (χ1n) is 8.28. The van der Waals surface area contributed by atoms with E-state index in [1.54, 1.807) is 18.2 Å². The van der Waals surface area contributed by atoms with Gasteiger partial charge in [0.25, 0.3) is 5.24 Å². The van der Waals surface area contributed by atoms with Crippen molar-refractivity contribution in [3.05, 3.63) is 42.5 Å². The summed E-state index contributed by atoms with van der Waals surface area (Å²) in [5, 5.41) is 10.6. The smallest absolute Gasteiger partial charge is 0.293 e. The van der Waals surface area contributed by atoms with E-state index in [9.17, 15) is 19.5 Å². The highest BCUT2D eigenvalue weighted by atomic mass is 32.2. The largest absolute Gasteiger partial charge is 0.508 e. The molecule has 0 saturated carbocycles. The zero-order valence-electron chi connectivity index (χ0n) is 15.2. The molecule has 0 spiro atoms. The molecule has 2 aromatic rings. The summed E-state index contributed by atoms with van der Waals surface area (Å²) in [7, 11) is 2.93. The van der Waals surface area contributed by atoms with Gasteiger partial charge >= 0.3 is 0 Å². The van der Waals surface area contributed by atoms with Crippen molar-refractivity contribution in [3.63, 3.8) is 0 Å². The lowest BCUT2D eigenvalue weighted by atomic mass is 10.2. The topological polar surface area (TPSA) is 105 Å². The zero-order chi connectivity index (χ0) is 20.3. The standard InChI is InChI=1S/C19H18N2O6S/c1-26-13-7-8-14(15(9-13)27-2)21-18(24)16(28-19(21)25)10-17(23)20-11-3-5-12(22)6-4-11/h3-9,16,22H,10H2,1-2H3,(H,20,23).